The van der Waals surface area contributed by atoms with Gasteiger partial charge in [0.1, 0.15) is 0 Å². The highest BCUT2D eigenvalue weighted by Crippen LogP contribution is 2.43. The Morgan fingerprint density at radius 3 is 1.96 bits per heavy atom. The monoisotopic (exact) mass is 328 g/mol. The number of carbonyl (C=O) groups is 1. The Labute approximate surface area is 146 Å². The van der Waals surface area contributed by atoms with Crippen molar-refractivity contribution in [1.29, 1.82) is 0 Å². The van der Waals surface area contributed by atoms with E-state index in [1.54, 1.807) is 0 Å². The van der Waals surface area contributed by atoms with Crippen molar-refractivity contribution in [2.24, 2.45) is 0 Å². The summed E-state index contributed by atoms with van der Waals surface area (Å²) in [5.41, 5.74) is 5.20. The van der Waals surface area contributed by atoms with Gasteiger partial charge in [0.25, 0.3) is 0 Å². The molecule has 1 aliphatic heterocycles. The average Bonchev–Trinajstić information content (AvgIpc) is 2.94. The molecule has 2 bridgehead atoms. The number of hydrogen-bond donors (Lipinski definition) is 0. The molecule has 2 aromatic rings. The van der Waals surface area contributed by atoms with Crippen molar-refractivity contribution in [3.8, 4) is 0 Å². The molecule has 0 atom stereocenters. The van der Waals surface area contributed by atoms with Crippen LogP contribution in [0, 0.1) is 0 Å². The van der Waals surface area contributed by atoms with Gasteiger partial charge in [0, 0.05) is 10.5 Å². The first kappa shape index (κ1) is 15.0. The van der Waals surface area contributed by atoms with Crippen LogP contribution in [0.15, 0.2) is 96.1 Å². The van der Waals surface area contributed by atoms with E-state index in [0.29, 0.717) is 0 Å². The first-order valence-electron chi connectivity index (χ1n) is 7.97. The lowest BCUT2D eigenvalue weighted by Gasteiger charge is -2.09. The summed E-state index contributed by atoms with van der Waals surface area (Å²) in [5, 5.41) is 0.116. The molecule has 0 N–H and O–H groups in total. The Kier molecular flexibility index (Phi) is 4.06. The molecule has 1 nitrogen and oxygen atoms in total. The van der Waals surface area contributed by atoms with E-state index in [2.05, 4.69) is 30.4 Å². The SMILES string of the molecule is O=C1SC(c2ccccc2)=C2C=CC=CC(=C1c1ccccc1)C2. The Balaban J connectivity index is 1.87. The van der Waals surface area contributed by atoms with Gasteiger partial charge in [-0.15, -0.1) is 0 Å². The molecule has 0 saturated carbocycles. The third-order valence-electron chi connectivity index (χ3n) is 4.20. The molecule has 0 saturated heterocycles. The zero-order valence-electron chi connectivity index (χ0n) is 13.1. The van der Waals surface area contributed by atoms with Gasteiger partial charge in [0.15, 0.2) is 0 Å². The van der Waals surface area contributed by atoms with E-state index in [1.165, 1.54) is 17.3 Å². The summed E-state index contributed by atoms with van der Waals surface area (Å²) in [6.07, 6.45) is 9.06. The van der Waals surface area contributed by atoms with Crippen LogP contribution in [0.4, 0.5) is 0 Å². The lowest BCUT2D eigenvalue weighted by molar-refractivity contribution is -0.106. The molecule has 2 aliphatic rings. The van der Waals surface area contributed by atoms with Crippen LogP contribution in [0.2, 0.25) is 0 Å². The third-order valence-corrected chi connectivity index (χ3v) is 5.29. The van der Waals surface area contributed by atoms with Crippen LogP contribution in [0.1, 0.15) is 17.5 Å². The minimum atomic E-state index is 0.116. The van der Waals surface area contributed by atoms with Crippen molar-refractivity contribution >= 4 is 27.4 Å². The molecule has 0 spiro atoms. The van der Waals surface area contributed by atoms with Gasteiger partial charge >= 0.3 is 0 Å². The molecule has 0 amide bonds. The second-order valence-electron chi connectivity index (χ2n) is 5.77. The number of hydrogen-bond acceptors (Lipinski definition) is 2. The largest absolute Gasteiger partial charge is 0.281 e. The summed E-state index contributed by atoms with van der Waals surface area (Å²) in [6.45, 7) is 0. The zero-order valence-corrected chi connectivity index (χ0v) is 13.9. The van der Waals surface area contributed by atoms with Gasteiger partial charge in [0.2, 0.25) is 5.12 Å². The summed E-state index contributed by atoms with van der Waals surface area (Å²) in [6, 6.07) is 20.2. The quantitative estimate of drug-likeness (QED) is 0.709. The van der Waals surface area contributed by atoms with E-state index in [-0.39, 0.29) is 5.12 Å². The van der Waals surface area contributed by atoms with Gasteiger partial charge in [-0.1, -0.05) is 85.0 Å². The van der Waals surface area contributed by atoms with Crippen molar-refractivity contribution in [1.82, 2.24) is 0 Å². The highest BCUT2D eigenvalue weighted by molar-refractivity contribution is 8.22. The molecule has 0 unspecified atom stereocenters. The minimum Gasteiger partial charge on any atom is -0.281 e. The van der Waals surface area contributed by atoms with Gasteiger partial charge in [-0.3, -0.25) is 4.79 Å². The standard InChI is InChI=1S/C22H16OS/c23-22-20(16-9-3-1-4-10-16)18-13-7-8-14-19(15-18)21(24-22)17-11-5-2-6-12-17/h1-14H,15H2. The predicted molar refractivity (Wildman–Crippen MR) is 102 cm³/mol. The van der Waals surface area contributed by atoms with Crippen LogP contribution in [-0.4, -0.2) is 5.12 Å². The fourth-order valence-electron chi connectivity index (χ4n) is 3.08. The molecular formula is C22H16OS. The molecule has 0 fully saturated rings. The molecular weight excluding hydrogens is 312 g/mol. The number of thioether (sulfide) groups is 1. The smallest absolute Gasteiger partial charge is 0.225 e. The maximum absolute atomic E-state index is 13.1. The number of carbonyl (C=O) groups excluding carboxylic acids is 1. The first-order valence-corrected chi connectivity index (χ1v) is 8.78. The fraction of sp³-hybridized carbons (Fsp3) is 0.0455. The summed E-state index contributed by atoms with van der Waals surface area (Å²) < 4.78 is 0. The van der Waals surface area contributed by atoms with Crippen molar-refractivity contribution in [3.63, 3.8) is 0 Å². The number of fused-ring (bicyclic) bond motifs is 2. The van der Waals surface area contributed by atoms with Crippen molar-refractivity contribution in [2.75, 3.05) is 0 Å². The predicted octanol–water partition coefficient (Wildman–Crippen LogP) is 5.64. The Morgan fingerprint density at radius 2 is 1.29 bits per heavy atom. The molecule has 24 heavy (non-hydrogen) atoms. The van der Waals surface area contributed by atoms with E-state index in [1.807, 2.05) is 54.6 Å². The zero-order chi connectivity index (χ0) is 16.4. The molecule has 4 rings (SSSR count). The highest BCUT2D eigenvalue weighted by Gasteiger charge is 2.25. The maximum atomic E-state index is 13.1. The normalized spacial score (nSPS) is 17.1. The van der Waals surface area contributed by atoms with Gasteiger partial charge < -0.3 is 0 Å². The topological polar surface area (TPSA) is 17.1 Å². The van der Waals surface area contributed by atoms with Crippen LogP contribution in [0.25, 0.3) is 10.5 Å². The van der Waals surface area contributed by atoms with Crippen molar-refractivity contribution in [3.05, 3.63) is 107 Å². The summed E-state index contributed by atoms with van der Waals surface area (Å²) in [7, 11) is 0. The number of benzene rings is 2. The molecule has 1 aliphatic carbocycles. The second kappa shape index (κ2) is 6.50. The second-order valence-corrected chi connectivity index (χ2v) is 6.75. The lowest BCUT2D eigenvalue weighted by Crippen LogP contribution is -1.99. The van der Waals surface area contributed by atoms with Crippen LogP contribution < -0.4 is 0 Å². The molecule has 116 valence electrons. The number of allylic oxidation sites excluding steroid dienone is 6. The lowest BCUT2D eigenvalue weighted by atomic mass is 9.95. The molecule has 0 radical (unpaired) electrons. The summed E-state index contributed by atoms with van der Waals surface area (Å²) >= 11 is 1.35. The van der Waals surface area contributed by atoms with E-state index in [4.69, 9.17) is 0 Å². The number of rotatable bonds is 2. The Morgan fingerprint density at radius 1 is 0.708 bits per heavy atom. The van der Waals surface area contributed by atoms with Crippen molar-refractivity contribution in [2.45, 2.75) is 6.42 Å². The van der Waals surface area contributed by atoms with Gasteiger partial charge in [-0.25, -0.2) is 0 Å². The summed E-state index contributed by atoms with van der Waals surface area (Å²) in [5.74, 6) is 0. The Hall–Kier alpha value is -2.58. The van der Waals surface area contributed by atoms with E-state index in [0.717, 1.165) is 33.6 Å². The highest BCUT2D eigenvalue weighted by atomic mass is 32.2. The van der Waals surface area contributed by atoms with E-state index < -0.39 is 0 Å². The summed E-state index contributed by atoms with van der Waals surface area (Å²) in [4.78, 5) is 14.1. The molecule has 2 aromatic carbocycles. The van der Waals surface area contributed by atoms with Gasteiger partial charge in [-0.05, 0) is 40.5 Å². The van der Waals surface area contributed by atoms with Crippen LogP contribution in [-0.2, 0) is 4.79 Å². The average molecular weight is 328 g/mol. The van der Waals surface area contributed by atoms with Gasteiger partial charge in [0.05, 0.1) is 0 Å². The van der Waals surface area contributed by atoms with Crippen LogP contribution in [0.5, 0.6) is 0 Å². The first-order chi connectivity index (χ1) is 11.8. The van der Waals surface area contributed by atoms with Gasteiger partial charge in [-0.2, -0.15) is 0 Å². The molecule has 2 heteroatoms. The molecule has 1 heterocycles. The van der Waals surface area contributed by atoms with Crippen LogP contribution >= 0.6 is 11.8 Å². The fourth-order valence-corrected chi connectivity index (χ4v) is 4.14. The van der Waals surface area contributed by atoms with Crippen molar-refractivity contribution < 1.29 is 4.79 Å². The molecule has 0 aromatic heterocycles. The maximum Gasteiger partial charge on any atom is 0.225 e. The van der Waals surface area contributed by atoms with E-state index in [9.17, 15) is 4.79 Å². The minimum absolute atomic E-state index is 0.116. The Bertz CT molecular complexity index is 900. The van der Waals surface area contributed by atoms with Crippen LogP contribution in [0.3, 0.4) is 0 Å². The van der Waals surface area contributed by atoms with E-state index >= 15 is 0 Å². The third kappa shape index (κ3) is 2.81.